The number of hydrogen-bond acceptors (Lipinski definition) is 2. The van der Waals surface area contributed by atoms with E-state index in [4.69, 9.17) is 18.6 Å². The second kappa shape index (κ2) is 10.5. The number of nitrogens with zero attached hydrogens (tertiary/aromatic N) is 1. The molecule has 0 aromatic heterocycles. The van der Waals surface area contributed by atoms with Gasteiger partial charge in [-0.05, 0) is 31.5 Å². The number of phenolic OH excluding ortho intramolecular Hbond substituents is 1. The van der Waals surface area contributed by atoms with E-state index in [-0.39, 0.29) is 0 Å². The van der Waals surface area contributed by atoms with E-state index in [9.17, 15) is 5.11 Å². The predicted molar refractivity (Wildman–Crippen MR) is 97.5 cm³/mol. The summed E-state index contributed by atoms with van der Waals surface area (Å²) in [6.45, 7) is 5.26. The standard InChI is InChI=1S/C16H20NOP.2ClH.Ti/c1-4-17(3)13-9-7-8-12(2)16(13)19-15-11-6-5-10-14(15)18;;;/h5-11,18-19H,4H2,1-3H3;2*1H;/q;;;+2/p-2. The molecule has 1 atom stereocenters. The number of aromatic hydroxyl groups is 1. The Morgan fingerprint density at radius 3 is 2.36 bits per heavy atom. The van der Waals surface area contributed by atoms with Crippen molar-refractivity contribution < 1.29 is 22.1 Å². The monoisotopic (exact) mass is 391 g/mol. The number of anilines is 1. The molecule has 0 fully saturated rings. The Kier molecular flexibility index (Phi) is 9.47. The molecule has 0 bridgehead atoms. The van der Waals surface area contributed by atoms with Crippen LogP contribution >= 0.6 is 27.2 Å². The van der Waals surface area contributed by atoms with Crippen molar-refractivity contribution in [3.8, 4) is 5.75 Å². The predicted octanol–water partition coefficient (Wildman–Crippen LogP) is 4.16. The van der Waals surface area contributed by atoms with Gasteiger partial charge in [0.25, 0.3) is 0 Å². The van der Waals surface area contributed by atoms with Gasteiger partial charge in [0, 0.05) is 29.9 Å². The zero-order valence-electron chi connectivity index (χ0n) is 12.9. The zero-order valence-corrected chi connectivity index (χ0v) is 17.0. The van der Waals surface area contributed by atoms with Crippen molar-refractivity contribution in [3.63, 3.8) is 0 Å². The molecule has 6 heteroatoms. The van der Waals surface area contributed by atoms with Gasteiger partial charge in [0.2, 0.25) is 0 Å². The van der Waals surface area contributed by atoms with Crippen molar-refractivity contribution in [1.82, 2.24) is 0 Å². The molecular weight excluding hydrogens is 372 g/mol. The number of benzene rings is 2. The molecule has 0 aliphatic heterocycles. The van der Waals surface area contributed by atoms with Gasteiger partial charge >= 0.3 is 35.6 Å². The minimum atomic E-state index is -0.556. The van der Waals surface area contributed by atoms with Crippen molar-refractivity contribution >= 4 is 43.5 Å². The number of aryl methyl sites for hydroxylation is 1. The maximum atomic E-state index is 9.94. The van der Waals surface area contributed by atoms with Gasteiger partial charge in [-0.3, -0.25) is 0 Å². The van der Waals surface area contributed by atoms with Crippen LogP contribution in [-0.2, 0) is 17.0 Å². The zero-order chi connectivity index (χ0) is 16.5. The molecule has 118 valence electrons. The Morgan fingerprint density at radius 1 is 1.14 bits per heavy atom. The number of para-hydroxylation sites is 1. The third kappa shape index (κ3) is 5.76. The van der Waals surface area contributed by atoms with Crippen molar-refractivity contribution in [3.05, 3.63) is 48.0 Å². The Labute approximate surface area is 151 Å². The van der Waals surface area contributed by atoms with Crippen LogP contribution in [-0.4, -0.2) is 18.7 Å². The molecule has 0 heterocycles. The second-order valence-electron chi connectivity index (χ2n) is 4.70. The van der Waals surface area contributed by atoms with Gasteiger partial charge in [-0.25, -0.2) is 0 Å². The van der Waals surface area contributed by atoms with E-state index < -0.39 is 17.0 Å². The molecule has 2 aromatic carbocycles. The van der Waals surface area contributed by atoms with Gasteiger partial charge < -0.3 is 10.0 Å². The van der Waals surface area contributed by atoms with Crippen LogP contribution in [0.3, 0.4) is 0 Å². The molecule has 2 aromatic rings. The molecule has 1 N–H and O–H groups in total. The van der Waals surface area contributed by atoms with Gasteiger partial charge in [0.1, 0.15) is 5.75 Å². The molecule has 0 radical (unpaired) electrons. The topological polar surface area (TPSA) is 23.5 Å². The first kappa shape index (κ1) is 19.8. The fourth-order valence-corrected chi connectivity index (χ4v) is 3.36. The number of rotatable bonds is 4. The van der Waals surface area contributed by atoms with Crippen LogP contribution in [0.4, 0.5) is 5.69 Å². The van der Waals surface area contributed by atoms with E-state index in [1.165, 1.54) is 16.6 Å². The van der Waals surface area contributed by atoms with Gasteiger partial charge in [-0.15, -0.1) is 0 Å². The van der Waals surface area contributed by atoms with Crippen molar-refractivity contribution in [2.24, 2.45) is 0 Å². The molecule has 22 heavy (non-hydrogen) atoms. The second-order valence-corrected chi connectivity index (χ2v) is 8.56. The van der Waals surface area contributed by atoms with Gasteiger partial charge in [-0.1, -0.05) is 38.9 Å². The SMILES string of the molecule is CCN(C)c1cccc(C)c1Pc1ccccc1O.[Cl][Ti][Cl]. The molecule has 0 aliphatic carbocycles. The van der Waals surface area contributed by atoms with Crippen molar-refractivity contribution in [2.45, 2.75) is 13.8 Å². The summed E-state index contributed by atoms with van der Waals surface area (Å²) in [6.07, 6.45) is 0. The first-order valence-electron chi connectivity index (χ1n) is 6.87. The van der Waals surface area contributed by atoms with Crippen LogP contribution in [0.2, 0.25) is 0 Å². The minimum absolute atomic E-state index is 0.384. The summed E-state index contributed by atoms with van der Waals surface area (Å²) in [4.78, 5) is 2.25. The quantitative estimate of drug-likeness (QED) is 0.624. The van der Waals surface area contributed by atoms with E-state index in [0.29, 0.717) is 14.3 Å². The van der Waals surface area contributed by atoms with E-state index in [2.05, 4.69) is 44.0 Å². The Morgan fingerprint density at radius 2 is 1.77 bits per heavy atom. The molecule has 0 aliphatic rings. The molecule has 0 spiro atoms. The first-order valence-corrected chi connectivity index (χ1v) is 12.2. The first-order chi connectivity index (χ1) is 10.5. The van der Waals surface area contributed by atoms with Crippen molar-refractivity contribution in [1.29, 1.82) is 0 Å². The van der Waals surface area contributed by atoms with E-state index in [0.717, 1.165) is 11.8 Å². The fourth-order valence-electron chi connectivity index (χ4n) is 2.02. The number of halogens is 2. The van der Waals surface area contributed by atoms with Crippen LogP contribution in [0.1, 0.15) is 12.5 Å². The van der Waals surface area contributed by atoms with E-state index >= 15 is 0 Å². The normalized spacial score (nSPS) is 10.2. The molecular formula is C16H20Cl2NOPTi. The molecule has 0 amide bonds. The van der Waals surface area contributed by atoms with Crippen LogP contribution < -0.4 is 15.5 Å². The van der Waals surface area contributed by atoms with Gasteiger partial charge in [-0.2, -0.15) is 0 Å². The Hall–Kier alpha value is -0.236. The summed E-state index contributed by atoms with van der Waals surface area (Å²) < 4.78 is 0. The molecule has 2 rings (SSSR count). The van der Waals surface area contributed by atoms with E-state index in [1.807, 2.05) is 18.2 Å². The fraction of sp³-hybridized carbons (Fsp3) is 0.250. The van der Waals surface area contributed by atoms with Crippen molar-refractivity contribution in [2.75, 3.05) is 18.5 Å². The number of phenols is 1. The summed E-state index contributed by atoms with van der Waals surface area (Å²) in [5, 5.41) is 12.3. The molecule has 0 saturated carbocycles. The Bertz CT molecular complexity index is 598. The summed E-state index contributed by atoms with van der Waals surface area (Å²) in [6, 6.07) is 14.0. The average Bonchev–Trinajstić information content (AvgIpc) is 2.51. The van der Waals surface area contributed by atoms with E-state index in [1.54, 1.807) is 6.07 Å². The van der Waals surface area contributed by atoms with Crippen LogP contribution in [0.25, 0.3) is 0 Å². The van der Waals surface area contributed by atoms with Gasteiger partial charge in [0.15, 0.2) is 0 Å². The van der Waals surface area contributed by atoms with Crippen LogP contribution in [0, 0.1) is 6.92 Å². The van der Waals surface area contributed by atoms with Gasteiger partial charge in [0.05, 0.1) is 0 Å². The summed E-state index contributed by atoms with van der Waals surface area (Å²) in [7, 11) is 12.4. The molecule has 2 nitrogen and oxygen atoms in total. The third-order valence-corrected chi connectivity index (χ3v) is 4.89. The average molecular weight is 392 g/mol. The summed E-state index contributed by atoms with van der Waals surface area (Å²) in [5.74, 6) is 0.384. The summed E-state index contributed by atoms with van der Waals surface area (Å²) >= 11 is -0.556. The maximum absolute atomic E-state index is 9.94. The van der Waals surface area contributed by atoms with Crippen LogP contribution in [0.15, 0.2) is 42.5 Å². The molecule has 0 saturated heterocycles. The van der Waals surface area contributed by atoms with Crippen LogP contribution in [0.5, 0.6) is 5.75 Å². The molecule has 1 unspecified atom stereocenters. The third-order valence-electron chi connectivity index (χ3n) is 3.30. The number of hydrogen-bond donors (Lipinski definition) is 1. The summed E-state index contributed by atoms with van der Waals surface area (Å²) in [5.41, 5.74) is 2.53. The Balaban J connectivity index is 0.000000745.